The third-order valence-electron chi connectivity index (χ3n) is 7.79. The number of carbonyl (C=O) groups excluding carboxylic acids is 2. The Balaban J connectivity index is 1.73. The number of imide groups is 1. The third-order valence-corrected chi connectivity index (χ3v) is 7.79. The highest BCUT2D eigenvalue weighted by atomic mass is 16.2. The van der Waals surface area contributed by atoms with Gasteiger partial charge in [0.1, 0.15) is 0 Å². The van der Waals surface area contributed by atoms with Crippen LogP contribution in [-0.4, -0.2) is 33.8 Å². The van der Waals surface area contributed by atoms with E-state index in [9.17, 15) is 9.59 Å². The first kappa shape index (κ1) is 28.3. The number of likely N-dealkylation sites (tertiary alicyclic amines) is 1. The van der Waals surface area contributed by atoms with Gasteiger partial charge in [-0.1, -0.05) is 90.4 Å². The summed E-state index contributed by atoms with van der Waals surface area (Å²) in [5.74, 6) is 0.516. The van der Waals surface area contributed by atoms with Gasteiger partial charge in [-0.15, -0.1) is 0 Å². The highest BCUT2D eigenvalue weighted by Gasteiger charge is 2.45. The van der Waals surface area contributed by atoms with Crippen LogP contribution >= 0.6 is 0 Å². The summed E-state index contributed by atoms with van der Waals surface area (Å²) in [6, 6.07) is 0.0841. The first-order valence-electron chi connectivity index (χ1n) is 14.3. The number of nitrogens with zero attached hydrogens (tertiary/aromatic N) is 1. The van der Waals surface area contributed by atoms with Crippen molar-refractivity contribution in [3.8, 4) is 0 Å². The second-order valence-electron chi connectivity index (χ2n) is 12.3. The molecule has 2 heterocycles. The van der Waals surface area contributed by atoms with Crippen LogP contribution < -0.4 is 5.32 Å². The topological polar surface area (TPSA) is 49.4 Å². The minimum absolute atomic E-state index is 0.0342. The van der Waals surface area contributed by atoms with Crippen LogP contribution in [0.3, 0.4) is 0 Å². The predicted octanol–water partition coefficient (Wildman–Crippen LogP) is 7.54. The van der Waals surface area contributed by atoms with Gasteiger partial charge in [-0.3, -0.25) is 14.5 Å². The zero-order chi connectivity index (χ0) is 24.3. The van der Waals surface area contributed by atoms with E-state index in [-0.39, 0.29) is 28.9 Å². The molecule has 1 unspecified atom stereocenters. The Morgan fingerprint density at radius 3 is 1.55 bits per heavy atom. The molecule has 2 aliphatic rings. The van der Waals surface area contributed by atoms with Crippen molar-refractivity contribution >= 4 is 11.8 Å². The van der Waals surface area contributed by atoms with Gasteiger partial charge in [0.05, 0.1) is 0 Å². The van der Waals surface area contributed by atoms with E-state index in [1.165, 1.54) is 77.0 Å². The van der Waals surface area contributed by atoms with Gasteiger partial charge in [-0.05, 0) is 52.9 Å². The summed E-state index contributed by atoms with van der Waals surface area (Å²) < 4.78 is 0. The lowest BCUT2D eigenvalue weighted by atomic mass is 9.71. The van der Waals surface area contributed by atoms with Gasteiger partial charge in [0.2, 0.25) is 11.8 Å². The summed E-state index contributed by atoms with van der Waals surface area (Å²) >= 11 is 0. The van der Waals surface area contributed by atoms with E-state index < -0.39 is 0 Å². The maximum Gasteiger partial charge on any atom is 0.229 e. The van der Waals surface area contributed by atoms with Crippen molar-refractivity contribution in [1.29, 1.82) is 0 Å². The van der Waals surface area contributed by atoms with Crippen LogP contribution in [0.2, 0.25) is 0 Å². The molecule has 2 rings (SSSR count). The molecule has 0 aromatic rings. The molecule has 0 saturated carbocycles. The van der Waals surface area contributed by atoms with E-state index in [0.29, 0.717) is 18.8 Å². The van der Waals surface area contributed by atoms with Crippen molar-refractivity contribution in [3.05, 3.63) is 0 Å². The van der Waals surface area contributed by atoms with Crippen LogP contribution in [0.5, 0.6) is 0 Å². The summed E-state index contributed by atoms with van der Waals surface area (Å²) in [4.78, 5) is 26.9. The molecule has 0 spiro atoms. The summed E-state index contributed by atoms with van der Waals surface area (Å²) in [5, 5.41) is 3.76. The van der Waals surface area contributed by atoms with E-state index >= 15 is 0 Å². The standard InChI is InChI=1S/C29H54N2O2/c1-6-7-8-9-10-11-12-13-14-15-16-17-18-19-25(31-26(32)20-21-27(31)33)24-22-28(2,3)30-29(4,5)23-24/h24-25,30H,6-23H2,1-5H3. The zero-order valence-corrected chi connectivity index (χ0v) is 22.6. The normalized spacial score (nSPS) is 21.7. The Morgan fingerprint density at radius 1 is 0.727 bits per heavy atom. The van der Waals surface area contributed by atoms with Crippen LogP contribution in [0.15, 0.2) is 0 Å². The van der Waals surface area contributed by atoms with Crippen molar-refractivity contribution < 1.29 is 9.59 Å². The van der Waals surface area contributed by atoms with E-state index in [2.05, 4.69) is 39.9 Å². The average Bonchev–Trinajstić information content (AvgIpc) is 3.04. The number of nitrogens with one attached hydrogen (secondary N) is 1. The lowest BCUT2D eigenvalue weighted by molar-refractivity contribution is -0.143. The van der Waals surface area contributed by atoms with E-state index in [1.54, 1.807) is 4.90 Å². The van der Waals surface area contributed by atoms with Crippen LogP contribution in [0, 0.1) is 5.92 Å². The Bertz CT molecular complexity index is 566. The van der Waals surface area contributed by atoms with Gasteiger partial charge in [0.25, 0.3) is 0 Å². The molecule has 2 fully saturated rings. The molecule has 4 heteroatoms. The minimum atomic E-state index is 0.0342. The van der Waals surface area contributed by atoms with Crippen LogP contribution in [0.4, 0.5) is 0 Å². The van der Waals surface area contributed by atoms with Crippen LogP contribution in [0.25, 0.3) is 0 Å². The molecular formula is C29H54N2O2. The fourth-order valence-electron chi connectivity index (χ4n) is 6.58. The molecule has 192 valence electrons. The Hall–Kier alpha value is -0.900. The van der Waals surface area contributed by atoms with Gasteiger partial charge in [-0.2, -0.15) is 0 Å². The third kappa shape index (κ3) is 10.1. The van der Waals surface area contributed by atoms with Crippen molar-refractivity contribution in [2.75, 3.05) is 0 Å². The van der Waals surface area contributed by atoms with Crippen molar-refractivity contribution in [2.24, 2.45) is 5.92 Å². The maximum absolute atomic E-state index is 12.6. The van der Waals surface area contributed by atoms with Gasteiger partial charge in [0, 0.05) is 30.0 Å². The van der Waals surface area contributed by atoms with Gasteiger partial charge in [0.15, 0.2) is 0 Å². The molecule has 2 amide bonds. The fourth-order valence-corrected chi connectivity index (χ4v) is 6.58. The molecule has 0 bridgehead atoms. The molecule has 4 nitrogen and oxygen atoms in total. The molecule has 2 saturated heterocycles. The van der Waals surface area contributed by atoms with Crippen LogP contribution in [0.1, 0.15) is 150 Å². The molecule has 0 aromatic heterocycles. The minimum Gasteiger partial charge on any atom is -0.307 e. The molecule has 2 aliphatic heterocycles. The van der Waals surface area contributed by atoms with Crippen molar-refractivity contribution in [2.45, 2.75) is 167 Å². The second kappa shape index (κ2) is 13.9. The van der Waals surface area contributed by atoms with Gasteiger partial charge < -0.3 is 5.32 Å². The summed E-state index contributed by atoms with van der Waals surface area (Å²) in [5.41, 5.74) is 0.0684. The van der Waals surface area contributed by atoms with Gasteiger partial charge >= 0.3 is 0 Å². The molecule has 1 atom stereocenters. The Morgan fingerprint density at radius 2 is 1.12 bits per heavy atom. The van der Waals surface area contributed by atoms with Gasteiger partial charge in [-0.25, -0.2) is 0 Å². The molecule has 1 N–H and O–H groups in total. The molecule has 0 aliphatic carbocycles. The van der Waals surface area contributed by atoms with E-state index in [4.69, 9.17) is 0 Å². The monoisotopic (exact) mass is 462 g/mol. The lowest BCUT2D eigenvalue weighted by Gasteiger charge is -2.49. The lowest BCUT2D eigenvalue weighted by Crippen LogP contribution is -2.61. The zero-order valence-electron chi connectivity index (χ0n) is 22.6. The number of unbranched alkanes of at least 4 members (excludes halogenated alkanes) is 12. The molecular weight excluding hydrogens is 408 g/mol. The molecule has 33 heavy (non-hydrogen) atoms. The number of amides is 2. The number of carbonyl (C=O) groups is 2. The maximum atomic E-state index is 12.6. The Labute approximate surface area is 205 Å². The highest BCUT2D eigenvalue weighted by Crippen LogP contribution is 2.39. The highest BCUT2D eigenvalue weighted by molar-refractivity contribution is 6.02. The first-order chi connectivity index (χ1) is 15.7. The van der Waals surface area contributed by atoms with E-state index in [0.717, 1.165) is 25.7 Å². The molecule has 0 aromatic carbocycles. The number of hydrogen-bond donors (Lipinski definition) is 1. The smallest absolute Gasteiger partial charge is 0.229 e. The number of rotatable bonds is 16. The van der Waals surface area contributed by atoms with Crippen molar-refractivity contribution in [3.63, 3.8) is 0 Å². The fraction of sp³-hybridized carbons (Fsp3) is 0.931. The predicted molar refractivity (Wildman–Crippen MR) is 139 cm³/mol. The summed E-state index contributed by atoms with van der Waals surface area (Å²) in [6.45, 7) is 11.3. The second-order valence-corrected chi connectivity index (χ2v) is 12.3. The molecule has 0 radical (unpaired) electrons. The van der Waals surface area contributed by atoms with Crippen molar-refractivity contribution in [1.82, 2.24) is 10.2 Å². The Kier molecular flexibility index (Phi) is 11.9. The van der Waals surface area contributed by atoms with Crippen LogP contribution in [-0.2, 0) is 9.59 Å². The SMILES string of the molecule is CCCCCCCCCCCCCCCC(C1CC(C)(C)NC(C)(C)C1)N1C(=O)CCC1=O. The average molecular weight is 463 g/mol. The van der Waals surface area contributed by atoms with E-state index in [1.807, 2.05) is 0 Å². The summed E-state index contributed by atoms with van der Waals surface area (Å²) in [7, 11) is 0. The largest absolute Gasteiger partial charge is 0.307 e. The summed E-state index contributed by atoms with van der Waals surface area (Å²) in [6.07, 6.45) is 21.3. The first-order valence-corrected chi connectivity index (χ1v) is 14.3. The number of piperidine rings is 1. The number of hydrogen-bond acceptors (Lipinski definition) is 3. The quantitative estimate of drug-likeness (QED) is 0.190.